The van der Waals surface area contributed by atoms with Gasteiger partial charge >= 0.3 is 0 Å². The first-order valence-corrected chi connectivity index (χ1v) is 9.13. The first-order chi connectivity index (χ1) is 9.82. The van der Waals surface area contributed by atoms with Crippen LogP contribution in [-0.2, 0) is 10.0 Å². The van der Waals surface area contributed by atoms with Crippen molar-refractivity contribution in [3.05, 3.63) is 29.8 Å². The van der Waals surface area contributed by atoms with Crippen molar-refractivity contribution in [2.45, 2.75) is 57.0 Å². The van der Waals surface area contributed by atoms with E-state index in [4.69, 9.17) is 5.73 Å². The van der Waals surface area contributed by atoms with Crippen LogP contribution in [-0.4, -0.2) is 25.3 Å². The van der Waals surface area contributed by atoms with Gasteiger partial charge in [-0.15, -0.1) is 0 Å². The molecule has 0 heterocycles. The van der Waals surface area contributed by atoms with E-state index in [0.717, 1.165) is 24.8 Å². The Bertz CT molecular complexity index is 560. The van der Waals surface area contributed by atoms with E-state index < -0.39 is 10.0 Å². The molecule has 1 fully saturated rings. The number of benzene rings is 1. The van der Waals surface area contributed by atoms with Gasteiger partial charge in [-0.25, -0.2) is 8.42 Å². The lowest BCUT2D eigenvalue weighted by molar-refractivity contribution is 0.373. The van der Waals surface area contributed by atoms with E-state index in [9.17, 15) is 8.42 Å². The summed E-state index contributed by atoms with van der Waals surface area (Å²) < 4.78 is 27.3. The predicted octanol–water partition coefficient (Wildman–Crippen LogP) is 2.91. The van der Waals surface area contributed by atoms with E-state index in [2.05, 4.69) is 13.8 Å². The summed E-state index contributed by atoms with van der Waals surface area (Å²) in [5, 5.41) is 0. The molecule has 1 atom stereocenters. The highest BCUT2D eigenvalue weighted by Gasteiger charge is 2.37. The topological polar surface area (TPSA) is 63.4 Å². The van der Waals surface area contributed by atoms with Crippen LogP contribution in [0, 0.1) is 5.92 Å². The molecule has 0 bridgehead atoms. The summed E-state index contributed by atoms with van der Waals surface area (Å²) in [4.78, 5) is 0.377. The van der Waals surface area contributed by atoms with Crippen molar-refractivity contribution in [2.24, 2.45) is 11.7 Å². The Labute approximate surface area is 128 Å². The number of hydrogen-bond acceptors (Lipinski definition) is 3. The van der Waals surface area contributed by atoms with Crippen molar-refractivity contribution >= 4 is 10.0 Å². The van der Waals surface area contributed by atoms with E-state index in [1.54, 1.807) is 16.4 Å². The summed E-state index contributed by atoms with van der Waals surface area (Å²) in [5.74, 6) is 0.502. The van der Waals surface area contributed by atoms with Crippen LogP contribution in [0.15, 0.2) is 29.2 Å². The van der Waals surface area contributed by atoms with Gasteiger partial charge in [0.1, 0.15) is 0 Å². The Kier molecular flexibility index (Phi) is 5.07. The summed E-state index contributed by atoms with van der Waals surface area (Å²) in [6, 6.07) is 7.09. The molecule has 0 saturated heterocycles. The van der Waals surface area contributed by atoms with Gasteiger partial charge in [0.2, 0.25) is 10.0 Å². The first-order valence-electron chi connectivity index (χ1n) is 7.69. The van der Waals surface area contributed by atoms with E-state index in [0.29, 0.717) is 17.4 Å². The molecule has 118 valence electrons. The zero-order chi connectivity index (χ0) is 15.6. The van der Waals surface area contributed by atoms with Crippen molar-refractivity contribution in [2.75, 3.05) is 6.54 Å². The number of hydrogen-bond donors (Lipinski definition) is 1. The molecule has 5 heteroatoms. The summed E-state index contributed by atoms with van der Waals surface area (Å²) in [6.45, 7) is 6.74. The van der Waals surface area contributed by atoms with Crippen molar-refractivity contribution in [3.8, 4) is 0 Å². The van der Waals surface area contributed by atoms with Gasteiger partial charge in [0.05, 0.1) is 4.90 Å². The van der Waals surface area contributed by atoms with Gasteiger partial charge in [0.25, 0.3) is 0 Å². The highest BCUT2D eigenvalue weighted by Crippen LogP contribution is 2.32. The van der Waals surface area contributed by atoms with Crippen LogP contribution in [0.5, 0.6) is 0 Å². The molecule has 0 aromatic heterocycles. The second-order valence-electron chi connectivity index (χ2n) is 6.39. The fourth-order valence-corrected chi connectivity index (χ4v) is 4.03. The smallest absolute Gasteiger partial charge is 0.243 e. The minimum absolute atomic E-state index is 0.0813. The molecule has 0 amide bonds. The van der Waals surface area contributed by atoms with Gasteiger partial charge < -0.3 is 5.73 Å². The van der Waals surface area contributed by atoms with Gasteiger partial charge in [-0.2, -0.15) is 4.31 Å². The molecule has 1 aliphatic rings. The van der Waals surface area contributed by atoms with Crippen molar-refractivity contribution in [1.82, 2.24) is 4.31 Å². The van der Waals surface area contributed by atoms with Gasteiger partial charge in [0, 0.05) is 18.6 Å². The Morgan fingerprint density at radius 3 is 2.19 bits per heavy atom. The quantitative estimate of drug-likeness (QED) is 0.842. The minimum atomic E-state index is -3.38. The summed E-state index contributed by atoms with van der Waals surface area (Å²) in [7, 11) is -3.38. The third-order valence-corrected chi connectivity index (χ3v) is 5.86. The Balaban J connectivity index is 2.21. The normalized spacial score (nSPS) is 17.4. The lowest BCUT2D eigenvalue weighted by Crippen LogP contribution is -2.34. The lowest BCUT2D eigenvalue weighted by atomic mass is 10.1. The minimum Gasteiger partial charge on any atom is -0.324 e. The predicted molar refractivity (Wildman–Crippen MR) is 85.4 cm³/mol. The van der Waals surface area contributed by atoms with E-state index in [1.165, 1.54) is 0 Å². The maximum atomic E-state index is 12.8. The molecule has 21 heavy (non-hydrogen) atoms. The third-order valence-electron chi connectivity index (χ3n) is 3.89. The summed E-state index contributed by atoms with van der Waals surface area (Å²) in [6.07, 6.45) is 2.86. The molecule has 1 aliphatic carbocycles. The van der Waals surface area contributed by atoms with Gasteiger partial charge in [-0.1, -0.05) is 26.0 Å². The SMILES string of the molecule is CC(C)CCN(C1CC1)S(=O)(=O)c1ccc(C(C)N)cc1. The van der Waals surface area contributed by atoms with Gasteiger partial charge in [-0.05, 0) is 49.8 Å². The standard InChI is InChI=1S/C16H26N2O2S/c1-12(2)10-11-18(15-6-7-15)21(19,20)16-8-4-14(5-9-16)13(3)17/h4-5,8-9,12-13,15H,6-7,10-11,17H2,1-3H3. The van der Waals surface area contributed by atoms with E-state index >= 15 is 0 Å². The second-order valence-corrected chi connectivity index (χ2v) is 8.28. The van der Waals surface area contributed by atoms with E-state index in [1.807, 2.05) is 19.1 Å². The van der Waals surface area contributed by atoms with Crippen LogP contribution in [0.2, 0.25) is 0 Å². The number of nitrogens with zero attached hydrogens (tertiary/aromatic N) is 1. The monoisotopic (exact) mass is 310 g/mol. The molecule has 4 nitrogen and oxygen atoms in total. The van der Waals surface area contributed by atoms with Crippen LogP contribution < -0.4 is 5.73 Å². The molecular formula is C16H26N2O2S. The van der Waals surface area contributed by atoms with E-state index in [-0.39, 0.29) is 12.1 Å². The molecule has 2 rings (SSSR count). The molecule has 1 aromatic rings. The third kappa shape index (κ3) is 4.05. The molecular weight excluding hydrogens is 284 g/mol. The van der Waals surface area contributed by atoms with Crippen LogP contribution in [0.1, 0.15) is 51.6 Å². The van der Waals surface area contributed by atoms with Crippen LogP contribution in [0.3, 0.4) is 0 Å². The van der Waals surface area contributed by atoms with Gasteiger partial charge in [0.15, 0.2) is 0 Å². The van der Waals surface area contributed by atoms with Crippen molar-refractivity contribution in [3.63, 3.8) is 0 Å². The Morgan fingerprint density at radius 1 is 1.19 bits per heavy atom. The molecule has 0 spiro atoms. The number of sulfonamides is 1. The maximum absolute atomic E-state index is 12.8. The molecule has 1 aromatic carbocycles. The highest BCUT2D eigenvalue weighted by molar-refractivity contribution is 7.89. The molecule has 1 unspecified atom stereocenters. The lowest BCUT2D eigenvalue weighted by Gasteiger charge is -2.23. The Hall–Kier alpha value is -0.910. The zero-order valence-corrected chi connectivity index (χ0v) is 13.9. The average Bonchev–Trinajstić information content (AvgIpc) is 3.23. The highest BCUT2D eigenvalue weighted by atomic mass is 32.2. The zero-order valence-electron chi connectivity index (χ0n) is 13.1. The molecule has 0 aliphatic heterocycles. The molecule has 0 radical (unpaired) electrons. The van der Waals surface area contributed by atoms with Gasteiger partial charge in [-0.3, -0.25) is 0 Å². The van der Waals surface area contributed by atoms with Crippen LogP contribution >= 0.6 is 0 Å². The van der Waals surface area contributed by atoms with Crippen molar-refractivity contribution in [1.29, 1.82) is 0 Å². The number of rotatable bonds is 7. The molecule has 1 saturated carbocycles. The average molecular weight is 310 g/mol. The fraction of sp³-hybridized carbons (Fsp3) is 0.625. The Morgan fingerprint density at radius 2 is 1.76 bits per heavy atom. The van der Waals surface area contributed by atoms with Crippen LogP contribution in [0.25, 0.3) is 0 Å². The summed E-state index contributed by atoms with van der Waals surface area (Å²) >= 11 is 0. The fourth-order valence-electron chi connectivity index (χ4n) is 2.33. The maximum Gasteiger partial charge on any atom is 0.243 e. The summed E-state index contributed by atoms with van der Waals surface area (Å²) in [5.41, 5.74) is 6.76. The second kappa shape index (κ2) is 6.46. The first kappa shape index (κ1) is 16.5. The largest absolute Gasteiger partial charge is 0.324 e. The van der Waals surface area contributed by atoms with Crippen LogP contribution in [0.4, 0.5) is 0 Å². The molecule has 2 N–H and O–H groups in total. The number of nitrogens with two attached hydrogens (primary N) is 1. The van der Waals surface area contributed by atoms with Crippen molar-refractivity contribution < 1.29 is 8.42 Å².